The molecule has 2 saturated heterocycles. The van der Waals surface area contributed by atoms with Crippen LogP contribution >= 0.6 is 11.3 Å². The molecule has 3 fully saturated rings. The number of hydrogen-bond acceptors (Lipinski definition) is 10. The number of thiazole rings is 1. The van der Waals surface area contributed by atoms with Crippen LogP contribution in [0.4, 0.5) is 4.39 Å². The lowest BCUT2D eigenvalue weighted by molar-refractivity contribution is -0.00431. The van der Waals surface area contributed by atoms with Gasteiger partial charge in [-0.25, -0.2) is 14.4 Å². The Morgan fingerprint density at radius 1 is 0.982 bits per heavy atom. The number of pyridine rings is 1. The first-order valence-electron chi connectivity index (χ1n) is 19.5. The number of benzene rings is 2. The number of morpholine rings is 1. The van der Waals surface area contributed by atoms with Crippen LogP contribution in [-0.4, -0.2) is 94.6 Å². The second-order valence-corrected chi connectivity index (χ2v) is 16.3. The number of amides is 2. The van der Waals surface area contributed by atoms with E-state index in [4.69, 9.17) is 9.47 Å². The number of nitrogens with zero attached hydrogens (tertiary/aromatic N) is 4. The minimum Gasteiger partial charge on any atom is -0.438 e. The highest BCUT2D eigenvalue weighted by atomic mass is 32.1. The van der Waals surface area contributed by atoms with Gasteiger partial charge in [-0.05, 0) is 93.8 Å². The van der Waals surface area contributed by atoms with Crippen molar-refractivity contribution in [3.63, 3.8) is 0 Å². The first kappa shape index (κ1) is 39.0. The number of halogens is 1. The molecule has 1 unspecified atom stereocenters. The van der Waals surface area contributed by atoms with Gasteiger partial charge < -0.3 is 25.4 Å². The lowest BCUT2D eigenvalue weighted by atomic mass is 9.91. The Kier molecular flexibility index (Phi) is 12.5. The fraction of sp³-hybridized carbons (Fsp3) is 0.476. The molecule has 55 heavy (non-hydrogen) atoms. The van der Waals surface area contributed by atoms with Crippen LogP contribution in [0.5, 0.6) is 11.6 Å². The van der Waals surface area contributed by atoms with E-state index in [0.29, 0.717) is 67.8 Å². The molecule has 2 amide bonds. The second-order valence-electron chi connectivity index (χ2n) is 15.5. The van der Waals surface area contributed by atoms with E-state index in [1.165, 1.54) is 28.5 Å². The van der Waals surface area contributed by atoms with E-state index in [1.54, 1.807) is 0 Å². The molecule has 1 saturated carbocycles. The van der Waals surface area contributed by atoms with E-state index in [0.717, 1.165) is 55.7 Å². The molecule has 0 radical (unpaired) electrons. The lowest BCUT2D eigenvalue weighted by Crippen LogP contribution is -2.53. The molecule has 0 spiro atoms. The highest BCUT2D eigenvalue weighted by Gasteiger charge is 2.27. The Morgan fingerprint density at radius 3 is 2.44 bits per heavy atom. The number of hydrogen-bond donors (Lipinski definition) is 3. The Hall–Kier alpha value is -4.27. The molecule has 2 aliphatic heterocycles. The van der Waals surface area contributed by atoms with Gasteiger partial charge in [0.05, 0.1) is 19.4 Å². The highest BCUT2D eigenvalue weighted by Crippen LogP contribution is 2.33. The van der Waals surface area contributed by atoms with Crippen molar-refractivity contribution in [1.82, 2.24) is 35.7 Å². The zero-order valence-corrected chi connectivity index (χ0v) is 33.0. The molecule has 3 aliphatic rings. The Morgan fingerprint density at radius 2 is 1.73 bits per heavy atom. The van der Waals surface area contributed by atoms with Crippen LogP contribution in [0.25, 0.3) is 11.1 Å². The zero-order valence-electron chi connectivity index (χ0n) is 32.1. The summed E-state index contributed by atoms with van der Waals surface area (Å²) in [5.41, 5.74) is 5.45. The lowest BCUT2D eigenvalue weighted by Gasteiger charge is -2.36. The molecule has 7 rings (SSSR count). The summed E-state index contributed by atoms with van der Waals surface area (Å²) in [6, 6.07) is 16.8. The third-order valence-corrected chi connectivity index (χ3v) is 11.7. The van der Waals surface area contributed by atoms with E-state index in [9.17, 15) is 14.0 Å². The highest BCUT2D eigenvalue weighted by molar-refractivity contribution is 7.11. The average Bonchev–Trinajstić information content (AvgIpc) is 3.60. The molecular formula is C42H52FN7O4S. The monoisotopic (exact) mass is 769 g/mol. The van der Waals surface area contributed by atoms with Crippen molar-refractivity contribution in [2.45, 2.75) is 96.7 Å². The number of carbonyl (C=O) groups excluding carboxylic acids is 2. The summed E-state index contributed by atoms with van der Waals surface area (Å²) in [6.45, 7) is 14.5. The van der Waals surface area contributed by atoms with Crippen LogP contribution in [0.1, 0.15) is 83.4 Å². The SMILES string of the molecule is Cc1csc(C(=O)NC2CCC(NC(=O)c3cc(F)cnc3Oc3cccc(-c4ccc(CN5C[C@@H](C)N[C@@H](C)C5)cc4CN4CCOCC4C)c3)CC2)n1. The Labute approximate surface area is 327 Å². The summed E-state index contributed by atoms with van der Waals surface area (Å²) >= 11 is 1.33. The molecule has 2 aromatic carbocycles. The normalized spacial score (nSPS) is 23.6. The van der Waals surface area contributed by atoms with Crippen molar-refractivity contribution < 1.29 is 23.5 Å². The maximum absolute atomic E-state index is 14.5. The number of carbonyl (C=O) groups is 2. The van der Waals surface area contributed by atoms with Crippen LogP contribution in [0.3, 0.4) is 0 Å². The van der Waals surface area contributed by atoms with Gasteiger partial charge in [-0.3, -0.25) is 19.4 Å². The van der Waals surface area contributed by atoms with Gasteiger partial charge in [0, 0.05) is 74.0 Å². The molecule has 2 aromatic heterocycles. The van der Waals surface area contributed by atoms with Crippen LogP contribution < -0.4 is 20.7 Å². The third kappa shape index (κ3) is 10.1. The molecule has 292 valence electrons. The molecule has 11 nitrogen and oxygen atoms in total. The fourth-order valence-electron chi connectivity index (χ4n) is 8.06. The first-order chi connectivity index (χ1) is 26.6. The predicted molar refractivity (Wildman–Crippen MR) is 212 cm³/mol. The van der Waals surface area contributed by atoms with Crippen molar-refractivity contribution in [3.8, 4) is 22.8 Å². The summed E-state index contributed by atoms with van der Waals surface area (Å²) < 4.78 is 26.6. The summed E-state index contributed by atoms with van der Waals surface area (Å²) in [4.78, 5) is 39.7. The van der Waals surface area contributed by atoms with Crippen molar-refractivity contribution in [2.24, 2.45) is 0 Å². The smallest absolute Gasteiger partial charge is 0.280 e. The molecule has 1 aliphatic carbocycles. The number of aryl methyl sites for hydroxylation is 1. The van der Waals surface area contributed by atoms with Crippen LogP contribution in [-0.2, 0) is 17.8 Å². The van der Waals surface area contributed by atoms with Gasteiger partial charge in [0.1, 0.15) is 17.1 Å². The van der Waals surface area contributed by atoms with Crippen LogP contribution in [0.2, 0.25) is 0 Å². The van der Waals surface area contributed by atoms with Crippen molar-refractivity contribution >= 4 is 23.2 Å². The van der Waals surface area contributed by atoms with Crippen LogP contribution in [0, 0.1) is 12.7 Å². The van der Waals surface area contributed by atoms with E-state index in [2.05, 4.69) is 80.8 Å². The second kappa shape index (κ2) is 17.7. The van der Waals surface area contributed by atoms with Crippen LogP contribution in [0.15, 0.2) is 60.1 Å². The molecule has 4 aromatic rings. The summed E-state index contributed by atoms with van der Waals surface area (Å²) in [5.74, 6) is -0.710. The van der Waals surface area contributed by atoms with E-state index >= 15 is 0 Å². The van der Waals surface area contributed by atoms with Gasteiger partial charge in [-0.2, -0.15) is 0 Å². The average molecular weight is 770 g/mol. The topological polar surface area (TPSA) is 121 Å². The van der Waals surface area contributed by atoms with Gasteiger partial charge in [-0.1, -0.05) is 30.3 Å². The summed E-state index contributed by atoms with van der Waals surface area (Å²) in [5, 5.41) is 12.1. The van der Waals surface area contributed by atoms with Gasteiger partial charge in [0.2, 0.25) is 5.88 Å². The molecule has 3 atom stereocenters. The number of rotatable bonds is 11. The minimum absolute atomic E-state index is 0.000655. The molecule has 13 heteroatoms. The summed E-state index contributed by atoms with van der Waals surface area (Å²) in [7, 11) is 0. The molecule has 4 heterocycles. The third-order valence-electron chi connectivity index (χ3n) is 10.7. The molecule has 3 N–H and O–H groups in total. The van der Waals surface area contributed by atoms with Gasteiger partial charge in [0.15, 0.2) is 5.01 Å². The van der Waals surface area contributed by atoms with E-state index in [1.807, 2.05) is 30.5 Å². The first-order valence-corrected chi connectivity index (χ1v) is 20.3. The predicted octanol–water partition coefficient (Wildman–Crippen LogP) is 6.32. The molecule has 0 bridgehead atoms. The maximum Gasteiger partial charge on any atom is 0.280 e. The van der Waals surface area contributed by atoms with Gasteiger partial charge >= 0.3 is 0 Å². The Balaban J connectivity index is 1.05. The van der Waals surface area contributed by atoms with Gasteiger partial charge in [0.25, 0.3) is 11.8 Å². The largest absolute Gasteiger partial charge is 0.438 e. The minimum atomic E-state index is -0.623. The Bertz CT molecular complexity index is 1960. The van der Waals surface area contributed by atoms with Crippen molar-refractivity contribution in [2.75, 3.05) is 32.8 Å². The molecular weight excluding hydrogens is 718 g/mol. The van der Waals surface area contributed by atoms with Crippen molar-refractivity contribution in [3.05, 3.63) is 93.3 Å². The van der Waals surface area contributed by atoms with E-state index < -0.39 is 11.7 Å². The van der Waals surface area contributed by atoms with E-state index in [-0.39, 0.29) is 29.4 Å². The fourth-order valence-corrected chi connectivity index (χ4v) is 8.76. The number of ether oxygens (including phenoxy) is 2. The van der Waals surface area contributed by atoms with Crippen molar-refractivity contribution in [1.29, 1.82) is 0 Å². The number of aromatic nitrogens is 2. The summed E-state index contributed by atoms with van der Waals surface area (Å²) in [6.07, 6.45) is 3.83. The standard InChI is InChI=1S/C42H52FN7O4S/c1-26-20-49(21-27(2)45-26)22-30-8-13-37(32(16-30)23-50-14-15-53-24-29(50)4)31-6-5-7-36(17-31)54-41-38(18-33(43)19-44-41)39(51)47-34-9-11-35(12-10-34)48-40(52)42-46-28(3)25-55-42/h5-8,13,16-19,25-27,29,34-35,45H,9-12,14-15,20-24H2,1-4H3,(H,47,51)(H,48,52)/t26-,27+,29?,34?,35?. The van der Waals surface area contributed by atoms with Gasteiger partial charge in [-0.15, -0.1) is 11.3 Å². The maximum atomic E-state index is 14.5. The number of piperazine rings is 1. The zero-order chi connectivity index (χ0) is 38.5. The number of nitrogens with one attached hydrogen (secondary N) is 3. The quantitative estimate of drug-likeness (QED) is 0.161.